The summed E-state index contributed by atoms with van der Waals surface area (Å²) in [5.41, 5.74) is 0.884. The van der Waals surface area contributed by atoms with Gasteiger partial charge in [-0.25, -0.2) is 0 Å². The summed E-state index contributed by atoms with van der Waals surface area (Å²) in [5.74, 6) is 0.171. The molecule has 0 bridgehead atoms. The summed E-state index contributed by atoms with van der Waals surface area (Å²) in [7, 11) is 1.83. The van der Waals surface area contributed by atoms with Crippen LogP contribution in [0, 0.1) is 0 Å². The lowest BCUT2D eigenvalue weighted by Crippen LogP contribution is -2.33. The zero-order chi connectivity index (χ0) is 10.4. The first-order valence-electron chi connectivity index (χ1n) is 5.33. The quantitative estimate of drug-likeness (QED) is 0.685. The van der Waals surface area contributed by atoms with Crippen LogP contribution < -0.4 is 5.32 Å². The van der Waals surface area contributed by atoms with E-state index in [-0.39, 0.29) is 5.78 Å². The SMILES string of the molecule is CNC=C(CN1CCCCC1)C(C)=O. The zero-order valence-electron chi connectivity index (χ0n) is 9.18. The van der Waals surface area contributed by atoms with Crippen molar-refractivity contribution in [3.05, 3.63) is 11.8 Å². The smallest absolute Gasteiger partial charge is 0.158 e. The molecule has 3 heteroatoms. The number of Topliss-reactive ketones (excluding diaryl/α,β-unsaturated/α-hetero) is 1. The Labute approximate surface area is 86.2 Å². The maximum absolute atomic E-state index is 11.3. The molecule has 0 aliphatic carbocycles. The van der Waals surface area contributed by atoms with Crippen LogP contribution in [0.3, 0.4) is 0 Å². The monoisotopic (exact) mass is 196 g/mol. The Morgan fingerprint density at radius 3 is 2.50 bits per heavy atom. The van der Waals surface area contributed by atoms with Crippen molar-refractivity contribution in [3.63, 3.8) is 0 Å². The molecule has 0 aromatic rings. The Kier molecular flexibility index (Phi) is 4.66. The molecular formula is C11H20N2O. The number of nitrogens with zero attached hydrogens (tertiary/aromatic N) is 1. The highest BCUT2D eigenvalue weighted by atomic mass is 16.1. The maximum Gasteiger partial charge on any atom is 0.158 e. The van der Waals surface area contributed by atoms with Crippen molar-refractivity contribution >= 4 is 5.78 Å². The fraction of sp³-hybridized carbons (Fsp3) is 0.727. The van der Waals surface area contributed by atoms with Crippen molar-refractivity contribution in [1.29, 1.82) is 0 Å². The summed E-state index contributed by atoms with van der Waals surface area (Å²) in [6.07, 6.45) is 5.69. The van der Waals surface area contributed by atoms with Gasteiger partial charge in [-0.05, 0) is 32.9 Å². The topological polar surface area (TPSA) is 32.3 Å². The second kappa shape index (κ2) is 5.81. The predicted molar refractivity (Wildman–Crippen MR) is 58.1 cm³/mol. The first-order chi connectivity index (χ1) is 6.74. The van der Waals surface area contributed by atoms with Gasteiger partial charge in [-0.1, -0.05) is 6.42 Å². The Balaban J connectivity index is 2.46. The minimum absolute atomic E-state index is 0.171. The van der Waals surface area contributed by atoms with E-state index in [0.717, 1.165) is 25.2 Å². The third-order valence-corrected chi connectivity index (χ3v) is 2.61. The summed E-state index contributed by atoms with van der Waals surface area (Å²) in [6.45, 7) is 4.70. The molecule has 1 heterocycles. The van der Waals surface area contributed by atoms with Gasteiger partial charge in [0.25, 0.3) is 0 Å². The van der Waals surface area contributed by atoms with Crippen LogP contribution in [0.25, 0.3) is 0 Å². The standard InChI is InChI=1S/C11H20N2O/c1-10(14)11(8-12-2)9-13-6-4-3-5-7-13/h8,12H,3-7,9H2,1-2H3. The van der Waals surface area contributed by atoms with Crippen LogP contribution in [0.2, 0.25) is 0 Å². The van der Waals surface area contributed by atoms with E-state index in [4.69, 9.17) is 0 Å². The van der Waals surface area contributed by atoms with E-state index in [9.17, 15) is 4.79 Å². The summed E-state index contributed by atoms with van der Waals surface area (Å²) in [5, 5.41) is 2.93. The van der Waals surface area contributed by atoms with Crippen LogP contribution in [-0.4, -0.2) is 37.4 Å². The van der Waals surface area contributed by atoms with Gasteiger partial charge in [-0.3, -0.25) is 9.69 Å². The molecular weight excluding hydrogens is 176 g/mol. The van der Waals surface area contributed by atoms with Crippen molar-refractivity contribution in [2.75, 3.05) is 26.7 Å². The highest BCUT2D eigenvalue weighted by Crippen LogP contribution is 2.10. The van der Waals surface area contributed by atoms with Gasteiger partial charge in [-0.2, -0.15) is 0 Å². The van der Waals surface area contributed by atoms with Crippen molar-refractivity contribution < 1.29 is 4.79 Å². The average Bonchev–Trinajstić information content (AvgIpc) is 2.18. The third-order valence-electron chi connectivity index (χ3n) is 2.61. The number of rotatable bonds is 4. The second-order valence-electron chi connectivity index (χ2n) is 3.85. The van der Waals surface area contributed by atoms with Crippen molar-refractivity contribution in [2.24, 2.45) is 0 Å². The lowest BCUT2D eigenvalue weighted by atomic mass is 10.1. The van der Waals surface area contributed by atoms with Gasteiger partial charge in [0.05, 0.1) is 0 Å². The Bertz CT molecular complexity index is 217. The third kappa shape index (κ3) is 3.50. The van der Waals surface area contributed by atoms with Crippen LogP contribution in [0.15, 0.2) is 11.8 Å². The molecule has 1 N–H and O–H groups in total. The first-order valence-corrected chi connectivity index (χ1v) is 5.33. The fourth-order valence-electron chi connectivity index (χ4n) is 1.79. The number of nitrogens with one attached hydrogen (secondary N) is 1. The maximum atomic E-state index is 11.3. The minimum Gasteiger partial charge on any atom is -0.394 e. The van der Waals surface area contributed by atoms with Gasteiger partial charge in [0.2, 0.25) is 0 Å². The molecule has 0 spiro atoms. The van der Waals surface area contributed by atoms with Crippen molar-refractivity contribution in [2.45, 2.75) is 26.2 Å². The highest BCUT2D eigenvalue weighted by molar-refractivity contribution is 5.93. The molecule has 1 aliphatic heterocycles. The second-order valence-corrected chi connectivity index (χ2v) is 3.85. The number of ketones is 1. The Morgan fingerprint density at radius 1 is 1.36 bits per heavy atom. The number of hydrogen-bond acceptors (Lipinski definition) is 3. The molecule has 1 fully saturated rings. The van der Waals surface area contributed by atoms with Gasteiger partial charge < -0.3 is 5.32 Å². The van der Waals surface area contributed by atoms with Crippen LogP contribution >= 0.6 is 0 Å². The van der Waals surface area contributed by atoms with E-state index in [1.807, 2.05) is 13.2 Å². The largest absolute Gasteiger partial charge is 0.394 e. The van der Waals surface area contributed by atoms with Crippen molar-refractivity contribution in [3.8, 4) is 0 Å². The number of likely N-dealkylation sites (tertiary alicyclic amines) is 1. The van der Waals surface area contributed by atoms with E-state index in [2.05, 4.69) is 10.2 Å². The summed E-state index contributed by atoms with van der Waals surface area (Å²) in [6, 6.07) is 0. The molecule has 0 unspecified atom stereocenters. The minimum atomic E-state index is 0.171. The lowest BCUT2D eigenvalue weighted by Gasteiger charge is -2.26. The average molecular weight is 196 g/mol. The van der Waals surface area contributed by atoms with Gasteiger partial charge >= 0.3 is 0 Å². The molecule has 0 amide bonds. The zero-order valence-corrected chi connectivity index (χ0v) is 9.18. The first kappa shape index (κ1) is 11.2. The van der Waals surface area contributed by atoms with Gasteiger partial charge in [0, 0.05) is 25.4 Å². The number of piperidine rings is 1. The summed E-state index contributed by atoms with van der Waals surface area (Å²) in [4.78, 5) is 13.6. The van der Waals surface area contributed by atoms with E-state index in [1.54, 1.807) is 6.92 Å². The summed E-state index contributed by atoms with van der Waals surface area (Å²) >= 11 is 0. The van der Waals surface area contributed by atoms with Gasteiger partial charge in [-0.15, -0.1) is 0 Å². The Morgan fingerprint density at radius 2 is 2.00 bits per heavy atom. The molecule has 80 valence electrons. The van der Waals surface area contributed by atoms with Crippen LogP contribution in [0.4, 0.5) is 0 Å². The van der Waals surface area contributed by atoms with E-state index >= 15 is 0 Å². The molecule has 3 nitrogen and oxygen atoms in total. The van der Waals surface area contributed by atoms with E-state index < -0.39 is 0 Å². The molecule has 0 aromatic carbocycles. The lowest BCUT2D eigenvalue weighted by molar-refractivity contribution is -0.113. The number of hydrogen-bond donors (Lipinski definition) is 1. The van der Waals surface area contributed by atoms with Crippen LogP contribution in [-0.2, 0) is 4.79 Å². The fourth-order valence-corrected chi connectivity index (χ4v) is 1.79. The van der Waals surface area contributed by atoms with Crippen molar-refractivity contribution in [1.82, 2.24) is 10.2 Å². The summed E-state index contributed by atoms with van der Waals surface area (Å²) < 4.78 is 0. The number of carbonyl (C=O) groups is 1. The highest BCUT2D eigenvalue weighted by Gasteiger charge is 2.13. The van der Waals surface area contributed by atoms with E-state index in [1.165, 1.54) is 19.3 Å². The normalized spacial score (nSPS) is 19.4. The number of carbonyl (C=O) groups excluding carboxylic acids is 1. The van der Waals surface area contributed by atoms with Gasteiger partial charge in [0.15, 0.2) is 5.78 Å². The molecule has 1 rings (SSSR count). The van der Waals surface area contributed by atoms with Gasteiger partial charge in [0.1, 0.15) is 0 Å². The van der Waals surface area contributed by atoms with Crippen LogP contribution in [0.1, 0.15) is 26.2 Å². The molecule has 0 atom stereocenters. The molecule has 0 aromatic heterocycles. The molecule has 1 aliphatic rings. The molecule has 0 radical (unpaired) electrons. The Hall–Kier alpha value is -0.830. The van der Waals surface area contributed by atoms with Crippen LogP contribution in [0.5, 0.6) is 0 Å². The molecule has 0 saturated carbocycles. The molecule has 1 saturated heterocycles. The molecule has 14 heavy (non-hydrogen) atoms. The predicted octanol–water partition coefficient (Wildman–Crippen LogP) is 1.16. The van der Waals surface area contributed by atoms with E-state index in [0.29, 0.717) is 0 Å².